The molecule has 0 aliphatic carbocycles. The smallest absolute Gasteiger partial charge is 0.143 e. The van der Waals surface area contributed by atoms with Crippen LogP contribution in [-0.4, -0.2) is 7.11 Å². The number of halogens is 3. The molecule has 2 aromatic rings. The zero-order valence-electron chi connectivity index (χ0n) is 11.8. The third-order valence-electron chi connectivity index (χ3n) is 3.42. The maximum absolute atomic E-state index is 14.0. The summed E-state index contributed by atoms with van der Waals surface area (Å²) < 4.78 is 33.2. The fraction of sp³-hybridized carbons (Fsp3) is 0.250. The first-order chi connectivity index (χ1) is 9.93. The lowest BCUT2D eigenvalue weighted by molar-refractivity contribution is 0.410. The van der Waals surface area contributed by atoms with E-state index in [-0.39, 0.29) is 16.5 Å². The summed E-state index contributed by atoms with van der Waals surface area (Å²) in [5, 5.41) is 0. The standard InChI is InChI=1S/C16H16BrF2NO/c1-9-3-4-10(7-15(9)21-2)14(20)8-11-13(18)6-5-12(17)16(11)19/h3-7,14H,8,20H2,1-2H3. The van der Waals surface area contributed by atoms with Crippen molar-refractivity contribution in [2.45, 2.75) is 19.4 Å². The molecule has 0 amide bonds. The summed E-state index contributed by atoms with van der Waals surface area (Å²) >= 11 is 3.06. The number of hydrogen-bond acceptors (Lipinski definition) is 2. The van der Waals surface area contributed by atoms with Crippen LogP contribution >= 0.6 is 15.9 Å². The van der Waals surface area contributed by atoms with Gasteiger partial charge in [-0.15, -0.1) is 0 Å². The number of methoxy groups -OCH3 is 1. The van der Waals surface area contributed by atoms with Gasteiger partial charge in [-0.1, -0.05) is 12.1 Å². The summed E-state index contributed by atoms with van der Waals surface area (Å²) in [5.41, 5.74) is 7.82. The van der Waals surface area contributed by atoms with Gasteiger partial charge in [-0.2, -0.15) is 0 Å². The predicted octanol–water partition coefficient (Wildman–Crippen LogP) is 4.29. The van der Waals surface area contributed by atoms with Crippen molar-refractivity contribution in [1.82, 2.24) is 0 Å². The van der Waals surface area contributed by atoms with Crippen LogP contribution in [0.1, 0.15) is 22.7 Å². The lowest BCUT2D eigenvalue weighted by atomic mass is 9.98. The van der Waals surface area contributed by atoms with Crippen LogP contribution in [0.3, 0.4) is 0 Å². The Morgan fingerprint density at radius 3 is 2.62 bits per heavy atom. The first-order valence-electron chi connectivity index (χ1n) is 6.46. The molecule has 0 bridgehead atoms. The van der Waals surface area contributed by atoms with Gasteiger partial charge < -0.3 is 10.5 Å². The van der Waals surface area contributed by atoms with Crippen LogP contribution < -0.4 is 10.5 Å². The zero-order valence-corrected chi connectivity index (χ0v) is 13.4. The molecule has 0 fully saturated rings. The molecule has 0 aromatic heterocycles. The van der Waals surface area contributed by atoms with Crippen LogP contribution in [0.2, 0.25) is 0 Å². The topological polar surface area (TPSA) is 35.2 Å². The Morgan fingerprint density at radius 2 is 1.95 bits per heavy atom. The van der Waals surface area contributed by atoms with Crippen molar-refractivity contribution in [3.8, 4) is 5.75 Å². The average Bonchev–Trinajstić information content (AvgIpc) is 2.48. The molecule has 0 heterocycles. The molecule has 1 atom stereocenters. The summed E-state index contributed by atoms with van der Waals surface area (Å²) in [6.07, 6.45) is 0.0727. The van der Waals surface area contributed by atoms with Gasteiger partial charge in [-0.25, -0.2) is 8.78 Å². The van der Waals surface area contributed by atoms with Crippen molar-refractivity contribution in [1.29, 1.82) is 0 Å². The van der Waals surface area contributed by atoms with Crippen molar-refractivity contribution in [2.75, 3.05) is 7.11 Å². The zero-order chi connectivity index (χ0) is 15.6. The number of rotatable bonds is 4. The molecule has 0 radical (unpaired) electrons. The Balaban J connectivity index is 2.30. The van der Waals surface area contributed by atoms with Gasteiger partial charge in [0.2, 0.25) is 0 Å². The molecular formula is C16H16BrF2NO. The first kappa shape index (κ1) is 15.9. The quantitative estimate of drug-likeness (QED) is 0.830. The first-order valence-corrected chi connectivity index (χ1v) is 7.25. The van der Waals surface area contributed by atoms with E-state index in [1.165, 1.54) is 12.1 Å². The molecule has 0 saturated heterocycles. The summed E-state index contributed by atoms with van der Waals surface area (Å²) in [6, 6.07) is 7.57. The van der Waals surface area contributed by atoms with E-state index >= 15 is 0 Å². The van der Waals surface area contributed by atoms with Gasteiger partial charge >= 0.3 is 0 Å². The van der Waals surface area contributed by atoms with Gasteiger partial charge in [0.1, 0.15) is 17.4 Å². The molecule has 0 aliphatic heterocycles. The molecule has 21 heavy (non-hydrogen) atoms. The van der Waals surface area contributed by atoms with E-state index in [0.717, 1.165) is 11.1 Å². The van der Waals surface area contributed by atoms with Gasteiger partial charge in [0.05, 0.1) is 11.6 Å². The number of aryl methyl sites for hydroxylation is 1. The van der Waals surface area contributed by atoms with Gasteiger partial charge in [0.25, 0.3) is 0 Å². The van der Waals surface area contributed by atoms with Crippen LogP contribution in [0.15, 0.2) is 34.8 Å². The SMILES string of the molecule is COc1cc(C(N)Cc2c(F)ccc(Br)c2F)ccc1C. The van der Waals surface area contributed by atoms with E-state index in [0.29, 0.717) is 5.75 Å². The molecule has 1 unspecified atom stereocenters. The van der Waals surface area contributed by atoms with Gasteiger partial charge in [-0.3, -0.25) is 0 Å². The maximum Gasteiger partial charge on any atom is 0.143 e. The van der Waals surface area contributed by atoms with Crippen molar-refractivity contribution < 1.29 is 13.5 Å². The number of benzene rings is 2. The molecule has 0 aliphatic rings. The average molecular weight is 356 g/mol. The van der Waals surface area contributed by atoms with E-state index in [1.54, 1.807) is 13.2 Å². The molecule has 2 nitrogen and oxygen atoms in total. The van der Waals surface area contributed by atoms with Crippen LogP contribution in [0.25, 0.3) is 0 Å². The van der Waals surface area contributed by atoms with E-state index in [9.17, 15) is 8.78 Å². The molecule has 2 aromatic carbocycles. The van der Waals surface area contributed by atoms with Crippen molar-refractivity contribution in [2.24, 2.45) is 5.73 Å². The Bertz CT molecular complexity index is 661. The minimum Gasteiger partial charge on any atom is -0.496 e. The molecule has 2 N–H and O–H groups in total. The minimum absolute atomic E-state index is 0.0172. The van der Waals surface area contributed by atoms with Crippen molar-refractivity contribution >= 4 is 15.9 Å². The molecule has 0 saturated carbocycles. The second kappa shape index (κ2) is 6.54. The number of nitrogens with two attached hydrogens (primary N) is 1. The Hall–Kier alpha value is -1.46. The summed E-state index contributed by atoms with van der Waals surface area (Å²) in [4.78, 5) is 0. The highest BCUT2D eigenvalue weighted by Crippen LogP contribution is 2.28. The monoisotopic (exact) mass is 355 g/mol. The third-order valence-corrected chi connectivity index (χ3v) is 4.04. The van der Waals surface area contributed by atoms with Crippen LogP contribution in [-0.2, 0) is 6.42 Å². The van der Waals surface area contributed by atoms with Gasteiger partial charge in [0, 0.05) is 11.6 Å². The Kier molecular flexibility index (Phi) is 4.96. The summed E-state index contributed by atoms with van der Waals surface area (Å²) in [6.45, 7) is 1.92. The van der Waals surface area contributed by atoms with Gasteiger partial charge in [-0.05, 0) is 58.6 Å². The van der Waals surface area contributed by atoms with Crippen molar-refractivity contribution in [3.05, 3.63) is 63.1 Å². The largest absolute Gasteiger partial charge is 0.496 e. The molecular weight excluding hydrogens is 340 g/mol. The molecule has 5 heteroatoms. The lowest BCUT2D eigenvalue weighted by Crippen LogP contribution is -2.15. The highest BCUT2D eigenvalue weighted by atomic mass is 79.9. The van der Waals surface area contributed by atoms with Gasteiger partial charge in [0.15, 0.2) is 0 Å². The molecule has 0 spiro atoms. The van der Waals surface area contributed by atoms with Crippen LogP contribution in [0.4, 0.5) is 8.78 Å². The molecule has 112 valence electrons. The third kappa shape index (κ3) is 3.41. The second-order valence-corrected chi connectivity index (χ2v) is 5.72. The van der Waals surface area contributed by atoms with Crippen LogP contribution in [0.5, 0.6) is 5.75 Å². The summed E-state index contributed by atoms with van der Waals surface area (Å²) in [7, 11) is 1.57. The summed E-state index contributed by atoms with van der Waals surface area (Å²) in [5.74, 6) is -0.493. The fourth-order valence-corrected chi connectivity index (χ4v) is 2.53. The van der Waals surface area contributed by atoms with E-state index in [4.69, 9.17) is 10.5 Å². The van der Waals surface area contributed by atoms with E-state index < -0.39 is 17.7 Å². The minimum atomic E-state index is -0.607. The fourth-order valence-electron chi connectivity index (χ4n) is 2.16. The maximum atomic E-state index is 14.0. The molecule has 2 rings (SSSR count). The number of ether oxygens (including phenoxy) is 1. The lowest BCUT2D eigenvalue weighted by Gasteiger charge is -2.16. The Morgan fingerprint density at radius 1 is 1.24 bits per heavy atom. The normalized spacial score (nSPS) is 12.3. The second-order valence-electron chi connectivity index (χ2n) is 4.86. The van der Waals surface area contributed by atoms with E-state index in [2.05, 4.69) is 15.9 Å². The highest BCUT2D eigenvalue weighted by Gasteiger charge is 2.17. The Labute approximate surface area is 131 Å². The highest BCUT2D eigenvalue weighted by molar-refractivity contribution is 9.10. The van der Waals surface area contributed by atoms with Crippen molar-refractivity contribution in [3.63, 3.8) is 0 Å². The van der Waals surface area contributed by atoms with E-state index in [1.807, 2.05) is 19.1 Å². The van der Waals surface area contributed by atoms with Crippen LogP contribution in [0, 0.1) is 18.6 Å². The predicted molar refractivity (Wildman–Crippen MR) is 82.4 cm³/mol. The number of hydrogen-bond donors (Lipinski definition) is 1.